The van der Waals surface area contributed by atoms with Crippen LogP contribution in [0.5, 0.6) is 0 Å². The van der Waals surface area contributed by atoms with Gasteiger partial charge in [-0.15, -0.1) is 0 Å². The summed E-state index contributed by atoms with van der Waals surface area (Å²) in [6.45, 7) is 4.06. The quantitative estimate of drug-likeness (QED) is 0.837. The molecule has 1 aromatic carbocycles. The Hall–Kier alpha value is -2.25. The van der Waals surface area contributed by atoms with Crippen LogP contribution < -0.4 is 0 Å². The highest BCUT2D eigenvalue weighted by molar-refractivity contribution is 5.33. The molecule has 102 valence electrons. The van der Waals surface area contributed by atoms with Crippen molar-refractivity contribution in [2.45, 2.75) is 20.0 Å². The van der Waals surface area contributed by atoms with Gasteiger partial charge >= 0.3 is 0 Å². The number of hydrogen-bond acceptors (Lipinski definition) is 3. The van der Waals surface area contributed by atoms with Crippen LogP contribution in [0.15, 0.2) is 42.7 Å². The number of halogens is 1. The second-order valence-electron chi connectivity index (χ2n) is 4.58. The van der Waals surface area contributed by atoms with E-state index in [1.807, 2.05) is 25.1 Å². The van der Waals surface area contributed by atoms with E-state index < -0.39 is 0 Å². The van der Waals surface area contributed by atoms with Gasteiger partial charge in [-0.1, -0.05) is 6.92 Å². The molecule has 0 fully saturated rings. The highest BCUT2D eigenvalue weighted by atomic mass is 19.1. The molecule has 0 saturated carbocycles. The first kappa shape index (κ1) is 14.2. The summed E-state index contributed by atoms with van der Waals surface area (Å²) in [7, 11) is 0. The van der Waals surface area contributed by atoms with E-state index in [-0.39, 0.29) is 5.82 Å². The van der Waals surface area contributed by atoms with Crippen molar-refractivity contribution in [3.63, 3.8) is 0 Å². The number of nitrogens with zero attached hydrogens (tertiary/aromatic N) is 3. The minimum absolute atomic E-state index is 0.267. The monoisotopic (exact) mass is 269 g/mol. The van der Waals surface area contributed by atoms with Crippen LogP contribution in [0.1, 0.15) is 23.6 Å². The first-order valence-electron chi connectivity index (χ1n) is 6.52. The van der Waals surface area contributed by atoms with Crippen LogP contribution in [-0.4, -0.2) is 16.4 Å². The number of pyridine rings is 1. The summed E-state index contributed by atoms with van der Waals surface area (Å²) in [5.74, 6) is -0.267. The fraction of sp³-hybridized carbons (Fsp3) is 0.250. The molecule has 0 atom stereocenters. The van der Waals surface area contributed by atoms with Gasteiger partial charge in [0.25, 0.3) is 0 Å². The van der Waals surface area contributed by atoms with E-state index in [1.54, 1.807) is 18.5 Å². The van der Waals surface area contributed by atoms with Crippen molar-refractivity contribution >= 4 is 0 Å². The molecule has 20 heavy (non-hydrogen) atoms. The standard InChI is InChI=1S/C16H16FN3/c1-2-20(11-13-5-7-19-8-6-13)12-15-9-14(10-18)3-4-16(15)17/h3-9H,2,11-12H2,1H3. The Labute approximate surface area is 118 Å². The number of benzene rings is 1. The predicted octanol–water partition coefficient (Wildman–Crippen LogP) is 3.11. The molecule has 3 nitrogen and oxygen atoms in total. The van der Waals surface area contributed by atoms with E-state index in [2.05, 4.69) is 9.88 Å². The average Bonchev–Trinajstić information content (AvgIpc) is 2.49. The molecule has 1 aromatic heterocycles. The van der Waals surface area contributed by atoms with Crippen molar-refractivity contribution in [1.82, 2.24) is 9.88 Å². The molecule has 0 radical (unpaired) electrons. The third-order valence-corrected chi connectivity index (χ3v) is 3.17. The molecular formula is C16H16FN3. The Morgan fingerprint density at radius 1 is 1.20 bits per heavy atom. The maximum atomic E-state index is 13.8. The van der Waals surface area contributed by atoms with Gasteiger partial charge in [-0.05, 0) is 42.4 Å². The van der Waals surface area contributed by atoms with E-state index >= 15 is 0 Å². The van der Waals surface area contributed by atoms with E-state index in [1.165, 1.54) is 12.1 Å². The summed E-state index contributed by atoms with van der Waals surface area (Å²) in [6.07, 6.45) is 3.50. The van der Waals surface area contributed by atoms with Crippen LogP contribution in [0.3, 0.4) is 0 Å². The summed E-state index contributed by atoms with van der Waals surface area (Å²) in [5.41, 5.74) is 2.18. The lowest BCUT2D eigenvalue weighted by molar-refractivity contribution is 0.267. The summed E-state index contributed by atoms with van der Waals surface area (Å²) in [6, 6.07) is 10.4. The molecule has 1 heterocycles. The summed E-state index contributed by atoms with van der Waals surface area (Å²) in [4.78, 5) is 6.10. The van der Waals surface area contributed by atoms with E-state index in [0.717, 1.165) is 18.7 Å². The molecular weight excluding hydrogens is 253 g/mol. The fourth-order valence-electron chi connectivity index (χ4n) is 2.03. The fourth-order valence-corrected chi connectivity index (χ4v) is 2.03. The molecule has 2 rings (SSSR count). The normalized spacial score (nSPS) is 10.5. The van der Waals surface area contributed by atoms with Gasteiger partial charge in [-0.3, -0.25) is 9.88 Å². The minimum atomic E-state index is -0.267. The van der Waals surface area contributed by atoms with Crippen molar-refractivity contribution in [2.24, 2.45) is 0 Å². The summed E-state index contributed by atoms with van der Waals surface area (Å²) < 4.78 is 13.8. The molecule has 0 aliphatic heterocycles. The van der Waals surface area contributed by atoms with Gasteiger partial charge in [0.1, 0.15) is 5.82 Å². The Morgan fingerprint density at radius 2 is 1.95 bits per heavy atom. The zero-order chi connectivity index (χ0) is 14.4. The molecule has 0 unspecified atom stereocenters. The van der Waals surface area contributed by atoms with Crippen molar-refractivity contribution in [3.8, 4) is 6.07 Å². The lowest BCUT2D eigenvalue weighted by atomic mass is 10.1. The zero-order valence-electron chi connectivity index (χ0n) is 11.4. The maximum Gasteiger partial charge on any atom is 0.127 e. The summed E-state index contributed by atoms with van der Waals surface area (Å²) in [5, 5.41) is 8.89. The molecule has 0 aliphatic rings. The van der Waals surface area contributed by atoms with Crippen molar-refractivity contribution in [3.05, 3.63) is 65.2 Å². The maximum absolute atomic E-state index is 13.8. The van der Waals surface area contributed by atoms with Crippen LogP contribution in [0.25, 0.3) is 0 Å². The third-order valence-electron chi connectivity index (χ3n) is 3.17. The van der Waals surface area contributed by atoms with Gasteiger partial charge in [-0.25, -0.2) is 4.39 Å². The molecule has 0 spiro atoms. The molecule has 4 heteroatoms. The lowest BCUT2D eigenvalue weighted by Gasteiger charge is -2.21. The Morgan fingerprint density at radius 3 is 2.60 bits per heavy atom. The second kappa shape index (κ2) is 6.78. The van der Waals surface area contributed by atoms with Gasteiger partial charge in [0, 0.05) is 31.0 Å². The number of hydrogen-bond donors (Lipinski definition) is 0. The Bertz CT molecular complexity index is 605. The molecule has 0 amide bonds. The molecule has 2 aromatic rings. The molecule has 0 aliphatic carbocycles. The first-order chi connectivity index (χ1) is 9.72. The number of aromatic nitrogens is 1. The largest absolute Gasteiger partial charge is 0.295 e. The van der Waals surface area contributed by atoms with Gasteiger partial charge in [0.05, 0.1) is 11.6 Å². The lowest BCUT2D eigenvalue weighted by Crippen LogP contribution is -2.23. The van der Waals surface area contributed by atoms with Gasteiger partial charge in [0.2, 0.25) is 0 Å². The minimum Gasteiger partial charge on any atom is -0.295 e. The van der Waals surface area contributed by atoms with Gasteiger partial charge < -0.3 is 0 Å². The highest BCUT2D eigenvalue weighted by Gasteiger charge is 2.09. The smallest absolute Gasteiger partial charge is 0.127 e. The SMILES string of the molecule is CCN(Cc1ccncc1)Cc1cc(C#N)ccc1F. The van der Waals surface area contributed by atoms with Crippen molar-refractivity contribution in [1.29, 1.82) is 5.26 Å². The Kier molecular flexibility index (Phi) is 4.80. The van der Waals surface area contributed by atoms with Gasteiger partial charge in [0.15, 0.2) is 0 Å². The predicted molar refractivity (Wildman–Crippen MR) is 75.1 cm³/mol. The summed E-state index contributed by atoms with van der Waals surface area (Å²) >= 11 is 0. The van der Waals surface area contributed by atoms with Crippen LogP contribution in [0.2, 0.25) is 0 Å². The molecule has 0 N–H and O–H groups in total. The molecule has 0 saturated heterocycles. The van der Waals surface area contributed by atoms with Crippen LogP contribution in [0, 0.1) is 17.1 Å². The molecule has 0 bridgehead atoms. The van der Waals surface area contributed by atoms with E-state index in [0.29, 0.717) is 17.7 Å². The second-order valence-corrected chi connectivity index (χ2v) is 4.58. The third kappa shape index (κ3) is 3.62. The van der Waals surface area contributed by atoms with Gasteiger partial charge in [-0.2, -0.15) is 5.26 Å². The van der Waals surface area contributed by atoms with E-state index in [9.17, 15) is 4.39 Å². The van der Waals surface area contributed by atoms with Crippen molar-refractivity contribution < 1.29 is 4.39 Å². The highest BCUT2D eigenvalue weighted by Crippen LogP contribution is 2.14. The van der Waals surface area contributed by atoms with Crippen LogP contribution in [0.4, 0.5) is 4.39 Å². The Balaban J connectivity index is 2.12. The number of nitriles is 1. The topological polar surface area (TPSA) is 39.9 Å². The first-order valence-corrected chi connectivity index (χ1v) is 6.52. The van der Waals surface area contributed by atoms with Crippen LogP contribution in [-0.2, 0) is 13.1 Å². The zero-order valence-corrected chi connectivity index (χ0v) is 11.4. The number of rotatable bonds is 5. The van der Waals surface area contributed by atoms with Crippen molar-refractivity contribution in [2.75, 3.05) is 6.54 Å². The average molecular weight is 269 g/mol. The van der Waals surface area contributed by atoms with Crippen LogP contribution >= 0.6 is 0 Å². The van der Waals surface area contributed by atoms with E-state index in [4.69, 9.17) is 5.26 Å².